The van der Waals surface area contributed by atoms with E-state index in [-0.39, 0.29) is 12.1 Å². The molecule has 3 heteroatoms. The maximum Gasteiger partial charge on any atom is 0.306 e. The lowest BCUT2D eigenvalue weighted by atomic mass is 9.97. The molecule has 0 fully saturated rings. The maximum atomic E-state index is 11.9. The molecule has 0 aromatic heterocycles. The third kappa shape index (κ3) is 8.71. The van der Waals surface area contributed by atoms with E-state index in [2.05, 4.69) is 20.8 Å². The standard InChI is InChI=1S/C19H30O3/c1-15(2)9-8-10-16(3)13-19(20)22-17(4)14-21-18-11-6-5-7-12-18/h5-7,11-12,15-17H,8-10,13-14H2,1-4H3. The first-order valence-electron chi connectivity index (χ1n) is 8.34. The Balaban J connectivity index is 2.17. The first kappa shape index (κ1) is 18.5. The van der Waals surface area contributed by atoms with Crippen LogP contribution in [0.4, 0.5) is 0 Å². The smallest absolute Gasteiger partial charge is 0.306 e. The molecular formula is C19H30O3. The average molecular weight is 306 g/mol. The maximum absolute atomic E-state index is 11.9. The van der Waals surface area contributed by atoms with Gasteiger partial charge >= 0.3 is 5.97 Å². The number of ether oxygens (including phenoxy) is 2. The summed E-state index contributed by atoms with van der Waals surface area (Å²) in [6, 6.07) is 9.57. The van der Waals surface area contributed by atoms with Gasteiger partial charge in [-0.15, -0.1) is 0 Å². The van der Waals surface area contributed by atoms with Crippen LogP contribution in [0.3, 0.4) is 0 Å². The summed E-state index contributed by atoms with van der Waals surface area (Å²) in [6.45, 7) is 8.83. The fourth-order valence-corrected chi connectivity index (χ4v) is 2.30. The molecule has 0 heterocycles. The third-order valence-corrected chi connectivity index (χ3v) is 3.55. The lowest BCUT2D eigenvalue weighted by Gasteiger charge is -2.16. The van der Waals surface area contributed by atoms with Crippen LogP contribution in [0.2, 0.25) is 0 Å². The molecule has 22 heavy (non-hydrogen) atoms. The van der Waals surface area contributed by atoms with Crippen LogP contribution in [0.15, 0.2) is 30.3 Å². The SMILES string of the molecule is CC(C)CCCC(C)CC(=O)OC(C)COc1ccccc1. The number of hydrogen-bond donors (Lipinski definition) is 0. The van der Waals surface area contributed by atoms with Crippen LogP contribution in [0.1, 0.15) is 53.4 Å². The van der Waals surface area contributed by atoms with E-state index in [1.54, 1.807) is 0 Å². The Bertz CT molecular complexity index is 414. The summed E-state index contributed by atoms with van der Waals surface area (Å²) in [6.07, 6.45) is 3.76. The Morgan fingerprint density at radius 2 is 1.73 bits per heavy atom. The molecule has 0 saturated carbocycles. The lowest BCUT2D eigenvalue weighted by molar-refractivity contribution is -0.150. The minimum atomic E-state index is -0.226. The zero-order chi connectivity index (χ0) is 16.4. The van der Waals surface area contributed by atoms with Crippen molar-refractivity contribution in [2.75, 3.05) is 6.61 Å². The number of carbonyl (C=O) groups is 1. The number of hydrogen-bond acceptors (Lipinski definition) is 3. The molecule has 0 spiro atoms. The molecule has 2 atom stereocenters. The minimum Gasteiger partial charge on any atom is -0.490 e. The van der Waals surface area contributed by atoms with Crippen molar-refractivity contribution >= 4 is 5.97 Å². The van der Waals surface area contributed by atoms with Crippen LogP contribution in [0, 0.1) is 11.8 Å². The van der Waals surface area contributed by atoms with Gasteiger partial charge in [0.2, 0.25) is 0 Å². The van der Waals surface area contributed by atoms with E-state index in [1.807, 2.05) is 37.3 Å². The molecule has 0 saturated heterocycles. The average Bonchev–Trinajstić information content (AvgIpc) is 2.45. The zero-order valence-electron chi connectivity index (χ0n) is 14.4. The van der Waals surface area contributed by atoms with E-state index in [9.17, 15) is 4.79 Å². The van der Waals surface area contributed by atoms with Crippen LogP contribution >= 0.6 is 0 Å². The van der Waals surface area contributed by atoms with E-state index in [4.69, 9.17) is 9.47 Å². The van der Waals surface area contributed by atoms with Gasteiger partial charge in [-0.3, -0.25) is 4.79 Å². The van der Waals surface area contributed by atoms with Gasteiger partial charge in [-0.1, -0.05) is 58.2 Å². The Morgan fingerprint density at radius 3 is 2.36 bits per heavy atom. The topological polar surface area (TPSA) is 35.5 Å². The highest BCUT2D eigenvalue weighted by Crippen LogP contribution is 2.16. The Hall–Kier alpha value is -1.51. The van der Waals surface area contributed by atoms with Crippen molar-refractivity contribution in [2.24, 2.45) is 11.8 Å². The quantitative estimate of drug-likeness (QED) is 0.580. The summed E-state index contributed by atoms with van der Waals surface area (Å²) in [4.78, 5) is 11.9. The highest BCUT2D eigenvalue weighted by molar-refractivity contribution is 5.69. The first-order valence-corrected chi connectivity index (χ1v) is 8.34. The van der Waals surface area contributed by atoms with Crippen LogP contribution < -0.4 is 4.74 Å². The Morgan fingerprint density at radius 1 is 1.05 bits per heavy atom. The Labute approximate surface area is 135 Å². The first-order chi connectivity index (χ1) is 10.5. The molecule has 0 aliphatic heterocycles. The minimum absolute atomic E-state index is 0.124. The van der Waals surface area contributed by atoms with E-state index in [0.29, 0.717) is 18.9 Å². The van der Waals surface area contributed by atoms with Crippen LogP contribution in [0.25, 0.3) is 0 Å². The molecule has 0 aliphatic rings. The van der Waals surface area contributed by atoms with Gasteiger partial charge in [-0.2, -0.15) is 0 Å². The number of para-hydroxylation sites is 1. The fourth-order valence-electron chi connectivity index (χ4n) is 2.30. The van der Waals surface area contributed by atoms with Crippen LogP contribution in [-0.4, -0.2) is 18.7 Å². The van der Waals surface area contributed by atoms with Gasteiger partial charge in [0.05, 0.1) is 0 Å². The van der Waals surface area contributed by atoms with Gasteiger partial charge in [0, 0.05) is 6.42 Å². The van der Waals surface area contributed by atoms with Crippen LogP contribution in [-0.2, 0) is 9.53 Å². The summed E-state index contributed by atoms with van der Waals surface area (Å²) < 4.78 is 11.0. The van der Waals surface area contributed by atoms with Crippen molar-refractivity contribution in [3.63, 3.8) is 0 Å². The Kier molecular flexibility index (Phi) is 8.64. The predicted octanol–water partition coefficient (Wildman–Crippen LogP) is 4.85. The van der Waals surface area contributed by atoms with Gasteiger partial charge in [0.15, 0.2) is 0 Å². The predicted molar refractivity (Wildman–Crippen MR) is 90.0 cm³/mol. The van der Waals surface area contributed by atoms with Gasteiger partial charge < -0.3 is 9.47 Å². The summed E-state index contributed by atoms with van der Waals surface area (Å²) >= 11 is 0. The second kappa shape index (κ2) is 10.3. The lowest BCUT2D eigenvalue weighted by Crippen LogP contribution is -2.23. The molecule has 1 aromatic rings. The molecule has 0 amide bonds. The third-order valence-electron chi connectivity index (χ3n) is 3.55. The molecule has 0 N–H and O–H groups in total. The highest BCUT2D eigenvalue weighted by Gasteiger charge is 2.14. The summed E-state index contributed by atoms with van der Waals surface area (Å²) in [5, 5.41) is 0. The van der Waals surface area contributed by atoms with E-state index < -0.39 is 0 Å². The molecule has 1 rings (SSSR count). The number of carbonyl (C=O) groups excluding carboxylic acids is 1. The van der Waals surface area contributed by atoms with Gasteiger partial charge in [-0.05, 0) is 30.9 Å². The molecule has 0 bridgehead atoms. The fraction of sp³-hybridized carbons (Fsp3) is 0.632. The number of rotatable bonds is 10. The molecule has 0 radical (unpaired) electrons. The second-order valence-corrected chi connectivity index (χ2v) is 6.56. The van der Waals surface area contributed by atoms with Crippen molar-refractivity contribution in [3.05, 3.63) is 30.3 Å². The molecule has 3 nitrogen and oxygen atoms in total. The van der Waals surface area contributed by atoms with Crippen molar-refractivity contribution in [3.8, 4) is 5.75 Å². The second-order valence-electron chi connectivity index (χ2n) is 6.56. The molecule has 1 aromatic carbocycles. The monoisotopic (exact) mass is 306 g/mol. The van der Waals surface area contributed by atoms with Gasteiger partial charge in [0.1, 0.15) is 18.5 Å². The summed E-state index contributed by atoms with van der Waals surface area (Å²) in [5.74, 6) is 1.79. The van der Waals surface area contributed by atoms with Crippen molar-refractivity contribution in [2.45, 2.75) is 59.5 Å². The molecule has 0 aliphatic carbocycles. The normalized spacial score (nSPS) is 13.7. The number of esters is 1. The highest BCUT2D eigenvalue weighted by atomic mass is 16.6. The molecule has 2 unspecified atom stereocenters. The molecule has 124 valence electrons. The van der Waals surface area contributed by atoms with Gasteiger partial charge in [0.25, 0.3) is 0 Å². The van der Waals surface area contributed by atoms with Crippen molar-refractivity contribution in [1.82, 2.24) is 0 Å². The largest absolute Gasteiger partial charge is 0.490 e. The number of benzene rings is 1. The van der Waals surface area contributed by atoms with E-state index in [0.717, 1.165) is 18.1 Å². The summed E-state index contributed by atoms with van der Waals surface area (Å²) in [7, 11) is 0. The van der Waals surface area contributed by atoms with Gasteiger partial charge in [-0.25, -0.2) is 0 Å². The molecular weight excluding hydrogens is 276 g/mol. The van der Waals surface area contributed by atoms with E-state index >= 15 is 0 Å². The van der Waals surface area contributed by atoms with E-state index in [1.165, 1.54) is 12.8 Å². The zero-order valence-corrected chi connectivity index (χ0v) is 14.4. The van der Waals surface area contributed by atoms with Crippen LogP contribution in [0.5, 0.6) is 5.75 Å². The van der Waals surface area contributed by atoms with Crippen molar-refractivity contribution < 1.29 is 14.3 Å². The summed E-state index contributed by atoms with van der Waals surface area (Å²) in [5.41, 5.74) is 0. The van der Waals surface area contributed by atoms with Crippen molar-refractivity contribution in [1.29, 1.82) is 0 Å².